The van der Waals surface area contributed by atoms with E-state index in [9.17, 15) is 4.79 Å². The lowest BCUT2D eigenvalue weighted by Crippen LogP contribution is -2.33. The molecule has 5 nitrogen and oxygen atoms in total. The Morgan fingerprint density at radius 1 is 1.25 bits per heavy atom. The molecular weight excluding hydrogens is 212 g/mol. The predicted octanol–water partition coefficient (Wildman–Crippen LogP) is 0.601. The SMILES string of the molecule is CCC(C)(CO)C(=O)OCCOCCOC. The van der Waals surface area contributed by atoms with Crippen LogP contribution < -0.4 is 0 Å². The number of carbonyl (C=O) groups excluding carboxylic acids is 1. The molecule has 0 aliphatic carbocycles. The molecule has 0 saturated carbocycles. The van der Waals surface area contributed by atoms with Crippen LogP contribution in [0.1, 0.15) is 20.3 Å². The van der Waals surface area contributed by atoms with Gasteiger partial charge in [-0.2, -0.15) is 0 Å². The maximum atomic E-state index is 11.6. The molecule has 96 valence electrons. The molecule has 0 aromatic carbocycles. The van der Waals surface area contributed by atoms with Crippen LogP contribution in [0.4, 0.5) is 0 Å². The summed E-state index contributed by atoms with van der Waals surface area (Å²) < 4.78 is 14.9. The van der Waals surface area contributed by atoms with Gasteiger partial charge in [0.15, 0.2) is 0 Å². The Hall–Kier alpha value is -0.650. The number of ether oxygens (including phenoxy) is 3. The molecule has 0 fully saturated rings. The predicted molar refractivity (Wildman–Crippen MR) is 59.1 cm³/mol. The van der Waals surface area contributed by atoms with Gasteiger partial charge in [0.25, 0.3) is 0 Å². The summed E-state index contributed by atoms with van der Waals surface area (Å²) in [6.07, 6.45) is 0.548. The summed E-state index contributed by atoms with van der Waals surface area (Å²) in [5.74, 6) is -0.382. The number of hydrogen-bond donors (Lipinski definition) is 1. The maximum Gasteiger partial charge on any atom is 0.314 e. The Morgan fingerprint density at radius 2 is 1.88 bits per heavy atom. The molecule has 1 N–H and O–H groups in total. The third-order valence-electron chi connectivity index (χ3n) is 2.51. The number of rotatable bonds is 9. The van der Waals surface area contributed by atoms with Gasteiger partial charge >= 0.3 is 5.97 Å². The van der Waals surface area contributed by atoms with Crippen LogP contribution in [-0.4, -0.2) is 51.2 Å². The van der Waals surface area contributed by atoms with Gasteiger partial charge in [-0.1, -0.05) is 6.92 Å². The van der Waals surface area contributed by atoms with Crippen molar-refractivity contribution in [1.29, 1.82) is 0 Å². The average Bonchev–Trinajstić information content (AvgIpc) is 2.32. The van der Waals surface area contributed by atoms with Gasteiger partial charge in [0.05, 0.1) is 31.8 Å². The molecule has 1 unspecified atom stereocenters. The zero-order valence-corrected chi connectivity index (χ0v) is 10.3. The van der Waals surface area contributed by atoms with E-state index >= 15 is 0 Å². The van der Waals surface area contributed by atoms with Crippen LogP contribution >= 0.6 is 0 Å². The van der Waals surface area contributed by atoms with E-state index in [1.165, 1.54) is 0 Å². The first kappa shape index (κ1) is 15.3. The summed E-state index contributed by atoms with van der Waals surface area (Å²) in [5, 5.41) is 9.08. The number of esters is 1. The second kappa shape index (κ2) is 8.50. The fourth-order valence-electron chi connectivity index (χ4n) is 0.933. The third kappa shape index (κ3) is 5.44. The van der Waals surface area contributed by atoms with Crippen LogP contribution in [0, 0.1) is 5.41 Å². The smallest absolute Gasteiger partial charge is 0.314 e. The minimum Gasteiger partial charge on any atom is -0.463 e. The highest BCUT2D eigenvalue weighted by atomic mass is 16.6. The fourth-order valence-corrected chi connectivity index (χ4v) is 0.933. The molecule has 0 amide bonds. The zero-order chi connectivity index (χ0) is 12.4. The van der Waals surface area contributed by atoms with Gasteiger partial charge in [-0.3, -0.25) is 4.79 Å². The third-order valence-corrected chi connectivity index (χ3v) is 2.51. The molecule has 0 spiro atoms. The molecule has 0 bridgehead atoms. The van der Waals surface area contributed by atoms with E-state index in [1.54, 1.807) is 14.0 Å². The maximum absolute atomic E-state index is 11.6. The van der Waals surface area contributed by atoms with Crippen LogP contribution in [-0.2, 0) is 19.0 Å². The number of hydrogen-bond acceptors (Lipinski definition) is 5. The first-order valence-corrected chi connectivity index (χ1v) is 5.45. The normalized spacial score (nSPS) is 14.5. The van der Waals surface area contributed by atoms with Crippen LogP contribution in [0.25, 0.3) is 0 Å². The number of methoxy groups -OCH3 is 1. The van der Waals surface area contributed by atoms with E-state index in [1.807, 2.05) is 6.92 Å². The molecule has 16 heavy (non-hydrogen) atoms. The van der Waals surface area contributed by atoms with Gasteiger partial charge in [-0.25, -0.2) is 0 Å². The number of carbonyl (C=O) groups is 1. The summed E-state index contributed by atoms with van der Waals surface area (Å²) in [6.45, 7) is 4.88. The molecule has 5 heteroatoms. The van der Waals surface area contributed by atoms with Crippen molar-refractivity contribution in [1.82, 2.24) is 0 Å². The van der Waals surface area contributed by atoms with Crippen molar-refractivity contribution < 1.29 is 24.1 Å². The van der Waals surface area contributed by atoms with Gasteiger partial charge in [-0.15, -0.1) is 0 Å². The standard InChI is InChI=1S/C11H22O5/c1-4-11(2,9-12)10(13)16-8-7-15-6-5-14-3/h12H,4-9H2,1-3H3. The molecule has 0 aromatic heterocycles. The van der Waals surface area contributed by atoms with E-state index < -0.39 is 5.41 Å². The Balaban J connectivity index is 3.64. The zero-order valence-electron chi connectivity index (χ0n) is 10.3. The first-order valence-electron chi connectivity index (χ1n) is 5.45. The topological polar surface area (TPSA) is 65.0 Å². The molecule has 0 aromatic rings. The summed E-state index contributed by atoms with van der Waals surface area (Å²) in [4.78, 5) is 11.6. The van der Waals surface area contributed by atoms with Gasteiger partial charge in [-0.05, 0) is 13.3 Å². The van der Waals surface area contributed by atoms with Crippen LogP contribution in [0.5, 0.6) is 0 Å². The Labute approximate surface area is 96.7 Å². The van der Waals surface area contributed by atoms with Crippen molar-refractivity contribution in [2.75, 3.05) is 40.1 Å². The molecule has 0 radical (unpaired) electrons. The Bertz CT molecular complexity index is 189. The lowest BCUT2D eigenvalue weighted by molar-refractivity contribution is -0.159. The highest BCUT2D eigenvalue weighted by Crippen LogP contribution is 2.21. The summed E-state index contributed by atoms with van der Waals surface area (Å²) in [7, 11) is 1.59. The van der Waals surface area contributed by atoms with Crippen LogP contribution in [0.3, 0.4) is 0 Å². The van der Waals surface area contributed by atoms with E-state index in [2.05, 4.69) is 0 Å². The van der Waals surface area contributed by atoms with Gasteiger partial charge in [0, 0.05) is 7.11 Å². The van der Waals surface area contributed by atoms with Crippen molar-refractivity contribution in [2.45, 2.75) is 20.3 Å². The first-order chi connectivity index (χ1) is 7.60. The van der Waals surface area contributed by atoms with Gasteiger partial charge in [0.2, 0.25) is 0 Å². The minimum atomic E-state index is -0.799. The minimum absolute atomic E-state index is 0.202. The van der Waals surface area contributed by atoms with E-state index in [0.717, 1.165) is 0 Å². The molecule has 0 saturated heterocycles. The van der Waals surface area contributed by atoms with E-state index in [0.29, 0.717) is 26.2 Å². The fraction of sp³-hybridized carbons (Fsp3) is 0.909. The summed E-state index contributed by atoms with van der Waals surface area (Å²) in [5.41, 5.74) is -0.799. The summed E-state index contributed by atoms with van der Waals surface area (Å²) >= 11 is 0. The summed E-state index contributed by atoms with van der Waals surface area (Å²) in [6, 6.07) is 0. The molecular formula is C11H22O5. The average molecular weight is 234 g/mol. The molecule has 0 aliphatic rings. The molecule has 0 heterocycles. The number of aliphatic hydroxyl groups is 1. The van der Waals surface area contributed by atoms with E-state index in [4.69, 9.17) is 19.3 Å². The molecule has 0 rings (SSSR count). The largest absolute Gasteiger partial charge is 0.463 e. The molecule has 1 atom stereocenters. The second-order valence-corrected chi connectivity index (χ2v) is 3.81. The highest BCUT2D eigenvalue weighted by Gasteiger charge is 2.32. The monoisotopic (exact) mass is 234 g/mol. The van der Waals surface area contributed by atoms with Crippen molar-refractivity contribution in [3.05, 3.63) is 0 Å². The Morgan fingerprint density at radius 3 is 2.38 bits per heavy atom. The van der Waals surface area contributed by atoms with Gasteiger partial charge in [0.1, 0.15) is 6.61 Å². The van der Waals surface area contributed by atoms with E-state index in [-0.39, 0.29) is 19.2 Å². The Kier molecular flexibility index (Phi) is 8.15. The highest BCUT2D eigenvalue weighted by molar-refractivity contribution is 5.76. The van der Waals surface area contributed by atoms with Crippen molar-refractivity contribution in [3.63, 3.8) is 0 Å². The lowest BCUT2D eigenvalue weighted by Gasteiger charge is -2.22. The lowest BCUT2D eigenvalue weighted by atomic mass is 9.89. The van der Waals surface area contributed by atoms with Crippen LogP contribution in [0.2, 0.25) is 0 Å². The van der Waals surface area contributed by atoms with Crippen molar-refractivity contribution in [2.24, 2.45) is 5.41 Å². The number of aliphatic hydroxyl groups excluding tert-OH is 1. The van der Waals surface area contributed by atoms with Crippen molar-refractivity contribution >= 4 is 5.97 Å². The van der Waals surface area contributed by atoms with Gasteiger partial charge < -0.3 is 19.3 Å². The second-order valence-electron chi connectivity index (χ2n) is 3.81. The quantitative estimate of drug-likeness (QED) is 0.467. The molecule has 0 aliphatic heterocycles. The van der Waals surface area contributed by atoms with Crippen LogP contribution in [0.15, 0.2) is 0 Å². The van der Waals surface area contributed by atoms with Crippen molar-refractivity contribution in [3.8, 4) is 0 Å².